The summed E-state index contributed by atoms with van der Waals surface area (Å²) in [4.78, 5) is 13.9. The molecule has 4 heteroatoms. The van der Waals surface area contributed by atoms with Gasteiger partial charge in [0, 0.05) is 6.04 Å². The summed E-state index contributed by atoms with van der Waals surface area (Å²) in [7, 11) is 0. The maximum absolute atomic E-state index is 11.5. The molecule has 0 saturated carbocycles. The maximum atomic E-state index is 11.5. The first-order valence-electron chi connectivity index (χ1n) is 7.79. The molecule has 1 atom stereocenters. The molecule has 0 aromatic carbocycles. The van der Waals surface area contributed by atoms with Crippen LogP contribution in [0.25, 0.3) is 0 Å². The SMILES string of the molecule is CCCCCOC(=O)N[C@@H](C)CCCN(CC)CC. The first-order chi connectivity index (χ1) is 9.13. The predicted octanol–water partition coefficient (Wildman–Crippen LogP) is 3.41. The first-order valence-corrected chi connectivity index (χ1v) is 7.79. The van der Waals surface area contributed by atoms with Crippen molar-refractivity contribution in [3.8, 4) is 0 Å². The van der Waals surface area contributed by atoms with Gasteiger partial charge in [-0.05, 0) is 45.8 Å². The van der Waals surface area contributed by atoms with E-state index in [1.807, 2.05) is 6.92 Å². The minimum atomic E-state index is -0.272. The van der Waals surface area contributed by atoms with Gasteiger partial charge >= 0.3 is 6.09 Å². The second kappa shape index (κ2) is 12.3. The molecule has 0 rings (SSSR count). The van der Waals surface area contributed by atoms with Gasteiger partial charge in [0.2, 0.25) is 0 Å². The van der Waals surface area contributed by atoms with E-state index in [0.29, 0.717) is 6.61 Å². The van der Waals surface area contributed by atoms with Crippen LogP contribution in [0.1, 0.15) is 59.8 Å². The molecule has 1 amide bonds. The van der Waals surface area contributed by atoms with Crippen molar-refractivity contribution >= 4 is 6.09 Å². The van der Waals surface area contributed by atoms with Crippen molar-refractivity contribution in [2.45, 2.75) is 65.8 Å². The van der Waals surface area contributed by atoms with Crippen LogP contribution >= 0.6 is 0 Å². The van der Waals surface area contributed by atoms with Gasteiger partial charge in [-0.2, -0.15) is 0 Å². The largest absolute Gasteiger partial charge is 0.450 e. The summed E-state index contributed by atoms with van der Waals surface area (Å²) in [5.74, 6) is 0. The van der Waals surface area contributed by atoms with Gasteiger partial charge in [-0.15, -0.1) is 0 Å². The number of alkyl carbamates (subject to hydrolysis) is 1. The highest BCUT2D eigenvalue weighted by Crippen LogP contribution is 2.00. The molecule has 0 aliphatic carbocycles. The van der Waals surface area contributed by atoms with Crippen LogP contribution in [0.4, 0.5) is 4.79 Å². The number of unbranched alkanes of at least 4 members (excludes halogenated alkanes) is 2. The number of ether oxygens (including phenoxy) is 1. The minimum absolute atomic E-state index is 0.189. The van der Waals surface area contributed by atoms with Crippen molar-refractivity contribution in [2.75, 3.05) is 26.2 Å². The van der Waals surface area contributed by atoms with Crippen molar-refractivity contribution in [1.82, 2.24) is 10.2 Å². The van der Waals surface area contributed by atoms with Crippen molar-refractivity contribution in [2.24, 2.45) is 0 Å². The zero-order chi connectivity index (χ0) is 14.5. The predicted molar refractivity (Wildman–Crippen MR) is 80.5 cm³/mol. The van der Waals surface area contributed by atoms with Gasteiger partial charge in [-0.1, -0.05) is 33.6 Å². The van der Waals surface area contributed by atoms with E-state index in [2.05, 4.69) is 31.0 Å². The molecule has 19 heavy (non-hydrogen) atoms. The number of hydrogen-bond donors (Lipinski definition) is 1. The second-order valence-corrected chi connectivity index (χ2v) is 5.06. The fourth-order valence-electron chi connectivity index (χ4n) is 1.99. The van der Waals surface area contributed by atoms with E-state index in [1.54, 1.807) is 0 Å². The lowest BCUT2D eigenvalue weighted by molar-refractivity contribution is 0.140. The van der Waals surface area contributed by atoms with Gasteiger partial charge in [0.05, 0.1) is 6.61 Å². The van der Waals surface area contributed by atoms with Crippen molar-refractivity contribution < 1.29 is 9.53 Å². The molecule has 0 aromatic heterocycles. The second-order valence-electron chi connectivity index (χ2n) is 5.06. The Morgan fingerprint density at radius 2 is 1.84 bits per heavy atom. The van der Waals surface area contributed by atoms with E-state index < -0.39 is 0 Å². The number of rotatable bonds is 11. The molecule has 0 heterocycles. The molecule has 1 N–H and O–H groups in total. The van der Waals surface area contributed by atoms with Crippen LogP contribution in [-0.4, -0.2) is 43.3 Å². The molecule has 0 aliphatic heterocycles. The average molecular weight is 272 g/mol. The number of nitrogens with zero attached hydrogens (tertiary/aromatic N) is 1. The van der Waals surface area contributed by atoms with Crippen molar-refractivity contribution in [3.63, 3.8) is 0 Å². The van der Waals surface area contributed by atoms with E-state index >= 15 is 0 Å². The first kappa shape index (κ1) is 18.2. The van der Waals surface area contributed by atoms with Gasteiger partial charge in [0.25, 0.3) is 0 Å². The molecule has 0 aliphatic rings. The van der Waals surface area contributed by atoms with Gasteiger partial charge in [-0.3, -0.25) is 0 Å². The summed E-state index contributed by atoms with van der Waals surface area (Å²) < 4.78 is 5.12. The minimum Gasteiger partial charge on any atom is -0.450 e. The molecule has 0 saturated heterocycles. The Morgan fingerprint density at radius 1 is 1.16 bits per heavy atom. The Labute approximate surface area is 118 Å². The molecule has 0 radical (unpaired) electrons. The van der Waals surface area contributed by atoms with Crippen molar-refractivity contribution in [1.29, 1.82) is 0 Å². The zero-order valence-corrected chi connectivity index (χ0v) is 13.2. The lowest BCUT2D eigenvalue weighted by Crippen LogP contribution is -2.34. The number of carbonyl (C=O) groups excluding carboxylic acids is 1. The quantitative estimate of drug-likeness (QED) is 0.586. The number of amides is 1. The van der Waals surface area contributed by atoms with Crippen LogP contribution in [0.2, 0.25) is 0 Å². The average Bonchev–Trinajstić information content (AvgIpc) is 2.40. The molecular formula is C15H32N2O2. The molecule has 4 nitrogen and oxygen atoms in total. The van der Waals surface area contributed by atoms with E-state index in [4.69, 9.17) is 4.74 Å². The van der Waals surface area contributed by atoms with E-state index in [0.717, 1.165) is 51.7 Å². The molecule has 0 fully saturated rings. The van der Waals surface area contributed by atoms with Crippen LogP contribution in [-0.2, 0) is 4.74 Å². The molecule has 114 valence electrons. The highest BCUT2D eigenvalue weighted by molar-refractivity contribution is 5.67. The van der Waals surface area contributed by atoms with Crippen LogP contribution in [0.3, 0.4) is 0 Å². The number of nitrogens with one attached hydrogen (secondary N) is 1. The summed E-state index contributed by atoms with van der Waals surface area (Å²) in [5.41, 5.74) is 0. The zero-order valence-electron chi connectivity index (χ0n) is 13.2. The Hall–Kier alpha value is -0.770. The lowest BCUT2D eigenvalue weighted by Gasteiger charge is -2.19. The lowest BCUT2D eigenvalue weighted by atomic mass is 10.2. The third-order valence-electron chi connectivity index (χ3n) is 3.35. The Balaban J connectivity index is 3.56. The third-order valence-corrected chi connectivity index (χ3v) is 3.35. The van der Waals surface area contributed by atoms with Crippen LogP contribution in [0, 0.1) is 0 Å². The summed E-state index contributed by atoms with van der Waals surface area (Å²) >= 11 is 0. The normalized spacial score (nSPS) is 12.5. The fourth-order valence-corrected chi connectivity index (χ4v) is 1.99. The molecule has 0 bridgehead atoms. The number of carbonyl (C=O) groups is 1. The van der Waals surface area contributed by atoms with E-state index in [9.17, 15) is 4.79 Å². The topological polar surface area (TPSA) is 41.6 Å². The summed E-state index contributed by atoms with van der Waals surface area (Å²) in [6.45, 7) is 12.4. The van der Waals surface area contributed by atoms with Crippen LogP contribution in [0.5, 0.6) is 0 Å². The van der Waals surface area contributed by atoms with Gasteiger partial charge in [0.15, 0.2) is 0 Å². The summed E-state index contributed by atoms with van der Waals surface area (Å²) in [6, 6.07) is 0.189. The van der Waals surface area contributed by atoms with Gasteiger partial charge in [0.1, 0.15) is 0 Å². The van der Waals surface area contributed by atoms with Crippen LogP contribution in [0.15, 0.2) is 0 Å². The smallest absolute Gasteiger partial charge is 0.407 e. The molecular weight excluding hydrogens is 240 g/mol. The molecule has 0 spiro atoms. The number of hydrogen-bond acceptors (Lipinski definition) is 3. The highest BCUT2D eigenvalue weighted by atomic mass is 16.5. The third kappa shape index (κ3) is 10.8. The van der Waals surface area contributed by atoms with Gasteiger partial charge < -0.3 is 15.0 Å². The monoisotopic (exact) mass is 272 g/mol. The summed E-state index contributed by atoms with van der Waals surface area (Å²) in [5, 5.41) is 2.89. The van der Waals surface area contributed by atoms with Crippen molar-refractivity contribution in [3.05, 3.63) is 0 Å². The van der Waals surface area contributed by atoms with Gasteiger partial charge in [-0.25, -0.2) is 4.79 Å². The molecule has 0 unspecified atom stereocenters. The Bertz CT molecular complexity index is 218. The van der Waals surface area contributed by atoms with Crippen LogP contribution < -0.4 is 5.32 Å². The highest BCUT2D eigenvalue weighted by Gasteiger charge is 2.08. The van der Waals surface area contributed by atoms with E-state index in [1.165, 1.54) is 0 Å². The standard InChI is InChI=1S/C15H32N2O2/c1-5-8-9-13-19-15(18)16-14(4)11-10-12-17(6-2)7-3/h14H,5-13H2,1-4H3,(H,16,18)/t14-/m0/s1. The Morgan fingerprint density at radius 3 is 2.42 bits per heavy atom. The van der Waals surface area contributed by atoms with E-state index in [-0.39, 0.29) is 12.1 Å². The summed E-state index contributed by atoms with van der Waals surface area (Å²) in [6.07, 6.45) is 5.06. The maximum Gasteiger partial charge on any atom is 0.407 e. The molecule has 0 aromatic rings. The Kier molecular flexibility index (Phi) is 11.8. The fraction of sp³-hybridized carbons (Fsp3) is 0.933.